The maximum atomic E-state index is 13.9. The second-order valence-electron chi connectivity index (χ2n) is 4.14. The molecule has 0 radical (unpaired) electrons. The van der Waals surface area contributed by atoms with Crippen LogP contribution in [0.1, 0.15) is 10.4 Å². The number of rotatable bonds is 3. The highest BCUT2D eigenvalue weighted by atomic mass is 19.1. The number of ether oxygens (including phenoxy) is 1. The summed E-state index contributed by atoms with van der Waals surface area (Å²) < 4.78 is 18.8. The van der Waals surface area contributed by atoms with Gasteiger partial charge in [-0.05, 0) is 18.2 Å². The summed E-state index contributed by atoms with van der Waals surface area (Å²) in [5.41, 5.74) is 6.52. The van der Waals surface area contributed by atoms with E-state index in [4.69, 9.17) is 10.5 Å². The fourth-order valence-corrected chi connectivity index (χ4v) is 1.79. The van der Waals surface area contributed by atoms with E-state index < -0.39 is 11.7 Å². The van der Waals surface area contributed by atoms with Crippen molar-refractivity contribution in [1.82, 2.24) is 4.98 Å². The number of benzene rings is 1. The topological polar surface area (TPSA) is 68.5 Å². The number of methoxy groups -OCH3 is 1. The summed E-state index contributed by atoms with van der Waals surface area (Å²) in [4.78, 5) is 17.4. The third kappa shape index (κ3) is 2.54. The average Bonchev–Trinajstić information content (AvgIpc) is 2.46. The summed E-state index contributed by atoms with van der Waals surface area (Å²) in [6.45, 7) is 0. The van der Waals surface area contributed by atoms with E-state index in [1.165, 1.54) is 43.6 Å². The highest BCUT2D eigenvalue weighted by molar-refractivity contribution is 6.07. The minimum atomic E-state index is -0.645. The van der Waals surface area contributed by atoms with Crippen LogP contribution in [-0.4, -0.2) is 25.0 Å². The van der Waals surface area contributed by atoms with Crippen LogP contribution in [0.2, 0.25) is 0 Å². The molecule has 2 N–H and O–H groups in total. The Balaban J connectivity index is 2.34. The first-order valence-corrected chi connectivity index (χ1v) is 5.85. The van der Waals surface area contributed by atoms with Gasteiger partial charge in [-0.25, -0.2) is 4.39 Å². The molecule has 20 heavy (non-hydrogen) atoms. The summed E-state index contributed by atoms with van der Waals surface area (Å²) >= 11 is 0. The van der Waals surface area contributed by atoms with Gasteiger partial charge in [-0.2, -0.15) is 0 Å². The van der Waals surface area contributed by atoms with Gasteiger partial charge >= 0.3 is 0 Å². The molecule has 0 aliphatic heterocycles. The maximum Gasteiger partial charge on any atom is 0.261 e. The molecule has 6 heteroatoms. The first kappa shape index (κ1) is 13.8. The SMILES string of the molecule is COc1ccc(C(=O)N(C)c2ccncc2N)c(F)c1. The van der Waals surface area contributed by atoms with Crippen molar-refractivity contribution < 1.29 is 13.9 Å². The van der Waals surface area contributed by atoms with Gasteiger partial charge in [-0.3, -0.25) is 9.78 Å². The molecule has 0 spiro atoms. The fraction of sp³-hybridized carbons (Fsp3) is 0.143. The largest absolute Gasteiger partial charge is 0.497 e. The minimum Gasteiger partial charge on any atom is -0.497 e. The number of carbonyl (C=O) groups excluding carboxylic acids is 1. The van der Waals surface area contributed by atoms with Crippen molar-refractivity contribution in [2.75, 3.05) is 24.8 Å². The number of nitrogens with zero attached hydrogens (tertiary/aromatic N) is 2. The van der Waals surface area contributed by atoms with Crippen LogP contribution in [0.3, 0.4) is 0 Å². The molecular weight excluding hydrogens is 261 g/mol. The lowest BCUT2D eigenvalue weighted by Crippen LogP contribution is -2.27. The average molecular weight is 275 g/mol. The van der Waals surface area contributed by atoms with Gasteiger partial charge in [0.25, 0.3) is 5.91 Å². The Morgan fingerprint density at radius 2 is 2.15 bits per heavy atom. The van der Waals surface area contributed by atoms with E-state index in [2.05, 4.69) is 4.98 Å². The van der Waals surface area contributed by atoms with Gasteiger partial charge in [0.1, 0.15) is 11.6 Å². The standard InChI is InChI=1S/C14H14FN3O2/c1-18(13-5-6-17-8-12(13)16)14(19)10-4-3-9(20-2)7-11(10)15/h3-8H,16H2,1-2H3. The number of nitrogen functional groups attached to an aromatic ring is 1. The second-order valence-corrected chi connectivity index (χ2v) is 4.14. The summed E-state index contributed by atoms with van der Waals surface area (Å²) in [7, 11) is 2.96. The molecule has 0 aliphatic carbocycles. The molecule has 0 fully saturated rings. The summed E-state index contributed by atoms with van der Waals surface area (Å²) in [6, 6.07) is 5.66. The number of amides is 1. The molecule has 1 aromatic carbocycles. The molecule has 0 aliphatic rings. The predicted octanol–water partition coefficient (Wildman–Crippen LogP) is 2.09. The Hall–Kier alpha value is -2.63. The zero-order valence-electron chi connectivity index (χ0n) is 11.1. The van der Waals surface area contributed by atoms with Gasteiger partial charge in [0.2, 0.25) is 0 Å². The van der Waals surface area contributed by atoms with Gasteiger partial charge in [0.05, 0.1) is 30.2 Å². The quantitative estimate of drug-likeness (QED) is 0.931. The van der Waals surface area contributed by atoms with Crippen LogP contribution >= 0.6 is 0 Å². The Morgan fingerprint density at radius 3 is 2.75 bits per heavy atom. The Morgan fingerprint density at radius 1 is 1.40 bits per heavy atom. The lowest BCUT2D eigenvalue weighted by atomic mass is 10.1. The van der Waals surface area contributed by atoms with Crippen LogP contribution in [0.4, 0.5) is 15.8 Å². The molecule has 2 rings (SSSR count). The van der Waals surface area contributed by atoms with Crippen LogP contribution in [0.5, 0.6) is 5.75 Å². The highest BCUT2D eigenvalue weighted by Crippen LogP contribution is 2.24. The normalized spacial score (nSPS) is 10.2. The second kappa shape index (κ2) is 5.56. The van der Waals surface area contributed by atoms with Crippen molar-refractivity contribution in [3.05, 3.63) is 48.0 Å². The van der Waals surface area contributed by atoms with Gasteiger partial charge in [0, 0.05) is 19.3 Å². The Labute approximate surface area is 115 Å². The van der Waals surface area contributed by atoms with Crippen LogP contribution < -0.4 is 15.4 Å². The monoisotopic (exact) mass is 275 g/mol. The number of halogens is 1. The Bertz CT molecular complexity index is 646. The molecule has 0 atom stereocenters. The van der Waals surface area contributed by atoms with Crippen LogP contribution in [0.15, 0.2) is 36.7 Å². The first-order chi connectivity index (χ1) is 9.54. The molecule has 2 aromatic rings. The van der Waals surface area contributed by atoms with Crippen LogP contribution in [0, 0.1) is 5.82 Å². The van der Waals surface area contributed by atoms with Gasteiger partial charge in [0.15, 0.2) is 0 Å². The molecule has 5 nitrogen and oxygen atoms in total. The van der Waals surface area contributed by atoms with Crippen molar-refractivity contribution in [1.29, 1.82) is 0 Å². The number of aromatic nitrogens is 1. The summed E-state index contributed by atoms with van der Waals surface area (Å²) in [5, 5.41) is 0. The third-order valence-electron chi connectivity index (χ3n) is 2.90. The van der Waals surface area contributed by atoms with Crippen molar-refractivity contribution >= 4 is 17.3 Å². The van der Waals surface area contributed by atoms with Crippen molar-refractivity contribution in [2.45, 2.75) is 0 Å². The highest BCUT2D eigenvalue weighted by Gasteiger charge is 2.19. The van der Waals surface area contributed by atoms with Crippen molar-refractivity contribution in [3.63, 3.8) is 0 Å². The lowest BCUT2D eigenvalue weighted by molar-refractivity contribution is 0.0989. The third-order valence-corrected chi connectivity index (χ3v) is 2.90. The van der Waals surface area contributed by atoms with Gasteiger partial charge in [-0.15, -0.1) is 0 Å². The fourth-order valence-electron chi connectivity index (χ4n) is 1.79. The number of hydrogen-bond donors (Lipinski definition) is 1. The van der Waals surface area contributed by atoms with Crippen LogP contribution in [-0.2, 0) is 0 Å². The Kier molecular flexibility index (Phi) is 3.84. The predicted molar refractivity (Wildman–Crippen MR) is 74.3 cm³/mol. The number of nitrogens with two attached hydrogens (primary N) is 1. The summed E-state index contributed by atoms with van der Waals surface area (Å²) in [5.74, 6) is -0.790. The van der Waals surface area contributed by atoms with Crippen molar-refractivity contribution in [2.24, 2.45) is 0 Å². The van der Waals surface area contributed by atoms with Crippen LogP contribution in [0.25, 0.3) is 0 Å². The maximum absolute atomic E-state index is 13.9. The number of carbonyl (C=O) groups is 1. The van der Waals surface area contributed by atoms with Crippen molar-refractivity contribution in [3.8, 4) is 5.75 Å². The molecular formula is C14H14FN3O2. The molecule has 0 saturated heterocycles. The van der Waals surface area contributed by atoms with E-state index in [0.29, 0.717) is 17.1 Å². The van der Waals surface area contributed by atoms with Gasteiger partial charge < -0.3 is 15.4 Å². The smallest absolute Gasteiger partial charge is 0.261 e. The van der Waals surface area contributed by atoms with E-state index in [1.807, 2.05) is 0 Å². The number of pyridine rings is 1. The van der Waals surface area contributed by atoms with Gasteiger partial charge in [-0.1, -0.05) is 0 Å². The van der Waals surface area contributed by atoms with E-state index in [1.54, 1.807) is 6.07 Å². The molecule has 1 aromatic heterocycles. The number of anilines is 2. The molecule has 0 bridgehead atoms. The van der Waals surface area contributed by atoms with E-state index >= 15 is 0 Å². The molecule has 0 saturated carbocycles. The number of hydrogen-bond acceptors (Lipinski definition) is 4. The zero-order valence-corrected chi connectivity index (χ0v) is 11.1. The summed E-state index contributed by atoms with van der Waals surface area (Å²) in [6.07, 6.45) is 2.95. The molecule has 1 heterocycles. The zero-order chi connectivity index (χ0) is 14.7. The molecule has 104 valence electrons. The van der Waals surface area contributed by atoms with E-state index in [-0.39, 0.29) is 5.56 Å². The minimum absolute atomic E-state index is 0.0514. The first-order valence-electron chi connectivity index (χ1n) is 5.85. The molecule has 0 unspecified atom stereocenters. The molecule has 1 amide bonds. The van der Waals surface area contributed by atoms with E-state index in [0.717, 1.165) is 6.07 Å². The lowest BCUT2D eigenvalue weighted by Gasteiger charge is -2.19. The van der Waals surface area contributed by atoms with E-state index in [9.17, 15) is 9.18 Å².